The van der Waals surface area contributed by atoms with Gasteiger partial charge in [0, 0.05) is 41.8 Å². The summed E-state index contributed by atoms with van der Waals surface area (Å²) in [5.74, 6) is 0.609. The number of rotatable bonds is 4. The van der Waals surface area contributed by atoms with E-state index in [-0.39, 0.29) is 0 Å². The Morgan fingerprint density at radius 1 is 1.19 bits per heavy atom. The first-order valence-corrected chi connectivity index (χ1v) is 9.61. The minimum absolute atomic E-state index is 0.307. The van der Waals surface area contributed by atoms with E-state index in [9.17, 15) is 0 Å². The number of para-hydroxylation sites is 1. The van der Waals surface area contributed by atoms with Gasteiger partial charge < -0.3 is 9.88 Å². The van der Waals surface area contributed by atoms with Gasteiger partial charge in [0.25, 0.3) is 0 Å². The van der Waals surface area contributed by atoms with Crippen LogP contribution in [0.2, 0.25) is 5.02 Å². The SMILES string of the molecule is Cn1cc(-c2nc(N[C@@H]3CCC[C@H](NCl)C3)ncc2Cl)c2ccccc21. The molecule has 0 aliphatic heterocycles. The van der Waals surface area contributed by atoms with E-state index in [1.54, 1.807) is 6.20 Å². The molecule has 5 nitrogen and oxygen atoms in total. The Labute approximate surface area is 162 Å². The predicted molar refractivity (Wildman–Crippen MR) is 108 cm³/mol. The molecule has 1 fully saturated rings. The van der Waals surface area contributed by atoms with Gasteiger partial charge in [0.15, 0.2) is 0 Å². The number of fused-ring (bicyclic) bond motifs is 1. The van der Waals surface area contributed by atoms with Gasteiger partial charge in [-0.3, -0.25) is 0 Å². The highest BCUT2D eigenvalue weighted by atomic mass is 35.5. The average Bonchev–Trinajstić information content (AvgIpc) is 3.00. The van der Waals surface area contributed by atoms with Crippen LogP contribution >= 0.6 is 23.4 Å². The molecule has 1 aliphatic carbocycles. The van der Waals surface area contributed by atoms with Crippen molar-refractivity contribution in [2.45, 2.75) is 37.8 Å². The molecule has 3 aromatic rings. The van der Waals surface area contributed by atoms with Crippen molar-refractivity contribution in [2.24, 2.45) is 7.05 Å². The first-order valence-electron chi connectivity index (χ1n) is 8.85. The Morgan fingerprint density at radius 3 is 2.85 bits per heavy atom. The lowest BCUT2D eigenvalue weighted by molar-refractivity contribution is 0.390. The van der Waals surface area contributed by atoms with Crippen LogP contribution in [0.5, 0.6) is 0 Å². The summed E-state index contributed by atoms with van der Waals surface area (Å²) in [4.78, 5) is 12.0. The third kappa shape index (κ3) is 3.39. The second kappa shape index (κ2) is 7.43. The Balaban J connectivity index is 1.66. The van der Waals surface area contributed by atoms with Crippen molar-refractivity contribution in [3.63, 3.8) is 0 Å². The summed E-state index contributed by atoms with van der Waals surface area (Å²) in [6, 6.07) is 8.88. The minimum atomic E-state index is 0.307. The second-order valence-electron chi connectivity index (χ2n) is 6.87. The maximum absolute atomic E-state index is 6.44. The number of anilines is 1. The van der Waals surface area contributed by atoms with Crippen LogP contribution in [0.4, 0.5) is 5.95 Å². The molecule has 1 aromatic carbocycles. The van der Waals surface area contributed by atoms with Crippen molar-refractivity contribution in [1.82, 2.24) is 19.4 Å². The summed E-state index contributed by atoms with van der Waals surface area (Å²) >= 11 is 12.2. The van der Waals surface area contributed by atoms with Crippen molar-refractivity contribution < 1.29 is 0 Å². The van der Waals surface area contributed by atoms with Crippen molar-refractivity contribution in [1.29, 1.82) is 0 Å². The molecule has 0 spiro atoms. The molecule has 2 N–H and O–H groups in total. The van der Waals surface area contributed by atoms with Crippen molar-refractivity contribution >= 4 is 40.2 Å². The lowest BCUT2D eigenvalue weighted by Gasteiger charge is -2.28. The highest BCUT2D eigenvalue weighted by Gasteiger charge is 2.22. The number of nitrogens with zero attached hydrogens (tertiary/aromatic N) is 3. The summed E-state index contributed by atoms with van der Waals surface area (Å²) in [5, 5.41) is 5.13. The summed E-state index contributed by atoms with van der Waals surface area (Å²) in [5.41, 5.74) is 2.92. The molecular weight excluding hydrogens is 369 g/mol. The molecule has 26 heavy (non-hydrogen) atoms. The molecule has 2 aromatic heterocycles. The van der Waals surface area contributed by atoms with Crippen LogP contribution in [-0.4, -0.2) is 26.6 Å². The monoisotopic (exact) mass is 389 g/mol. The predicted octanol–water partition coefficient (Wildman–Crippen LogP) is 4.76. The van der Waals surface area contributed by atoms with Crippen molar-refractivity contribution in [3.8, 4) is 11.3 Å². The summed E-state index contributed by atoms with van der Waals surface area (Å²) in [6.45, 7) is 0. The van der Waals surface area contributed by atoms with E-state index < -0.39 is 0 Å². The fraction of sp³-hybridized carbons (Fsp3) is 0.368. The zero-order chi connectivity index (χ0) is 18.1. The van der Waals surface area contributed by atoms with E-state index in [2.05, 4.69) is 38.0 Å². The molecule has 0 saturated heterocycles. The highest BCUT2D eigenvalue weighted by Crippen LogP contribution is 2.33. The van der Waals surface area contributed by atoms with Crippen molar-refractivity contribution in [2.75, 3.05) is 5.32 Å². The number of aromatic nitrogens is 3. The molecule has 2 heterocycles. The maximum atomic E-state index is 6.44. The Kier molecular flexibility index (Phi) is 5.02. The van der Waals surface area contributed by atoms with E-state index in [4.69, 9.17) is 28.4 Å². The van der Waals surface area contributed by atoms with E-state index in [0.29, 0.717) is 23.1 Å². The molecule has 1 aliphatic rings. The average molecular weight is 390 g/mol. The third-order valence-electron chi connectivity index (χ3n) is 5.06. The molecule has 4 rings (SSSR count). The quantitative estimate of drug-likeness (QED) is 0.631. The zero-order valence-electron chi connectivity index (χ0n) is 14.5. The molecule has 0 unspecified atom stereocenters. The van der Waals surface area contributed by atoms with Gasteiger partial charge in [-0.2, -0.15) is 0 Å². The topological polar surface area (TPSA) is 54.8 Å². The van der Waals surface area contributed by atoms with Gasteiger partial charge in [-0.1, -0.05) is 29.8 Å². The molecule has 0 bridgehead atoms. The Hall–Kier alpha value is -1.82. The lowest BCUT2D eigenvalue weighted by Crippen LogP contribution is -2.35. The van der Waals surface area contributed by atoms with E-state index in [1.807, 2.05) is 19.2 Å². The smallest absolute Gasteiger partial charge is 0.223 e. The van der Waals surface area contributed by atoms with Crippen LogP contribution in [0.25, 0.3) is 22.2 Å². The van der Waals surface area contributed by atoms with Crippen LogP contribution < -0.4 is 10.2 Å². The van der Waals surface area contributed by atoms with Gasteiger partial charge >= 0.3 is 0 Å². The van der Waals surface area contributed by atoms with Gasteiger partial charge in [-0.25, -0.2) is 14.8 Å². The van der Waals surface area contributed by atoms with E-state index in [1.165, 1.54) is 0 Å². The Bertz CT molecular complexity index is 923. The minimum Gasteiger partial charge on any atom is -0.351 e. The summed E-state index contributed by atoms with van der Waals surface area (Å²) in [7, 11) is 2.03. The standard InChI is InChI=1S/C19H21Cl2N5/c1-26-11-15(14-7-2-3-8-17(14)26)18-16(20)10-22-19(24-18)23-12-5-4-6-13(9-12)25-21/h2-3,7-8,10-13,25H,4-6,9H2,1H3,(H,22,23,24)/t12-,13+/m1/s1. The molecule has 0 radical (unpaired) electrons. The number of benzene rings is 1. The molecule has 0 amide bonds. The van der Waals surface area contributed by atoms with Crippen LogP contribution in [0.3, 0.4) is 0 Å². The van der Waals surface area contributed by atoms with Gasteiger partial charge in [-0.05, 0) is 43.5 Å². The molecule has 136 valence electrons. The van der Waals surface area contributed by atoms with Crippen LogP contribution in [-0.2, 0) is 7.05 Å². The third-order valence-corrected chi connectivity index (χ3v) is 5.64. The largest absolute Gasteiger partial charge is 0.351 e. The normalized spacial score (nSPS) is 20.4. The van der Waals surface area contributed by atoms with Crippen LogP contribution in [0, 0.1) is 0 Å². The van der Waals surface area contributed by atoms with Gasteiger partial charge in [-0.15, -0.1) is 0 Å². The fourth-order valence-corrected chi connectivity index (χ4v) is 4.15. The van der Waals surface area contributed by atoms with Crippen LogP contribution in [0.15, 0.2) is 36.7 Å². The zero-order valence-corrected chi connectivity index (χ0v) is 16.1. The molecular formula is C19H21Cl2N5. The summed E-state index contributed by atoms with van der Waals surface area (Å²) < 4.78 is 2.09. The first-order chi connectivity index (χ1) is 12.7. The number of hydrogen-bond donors (Lipinski definition) is 2. The molecule has 1 saturated carbocycles. The maximum Gasteiger partial charge on any atom is 0.223 e. The van der Waals surface area contributed by atoms with E-state index in [0.717, 1.165) is 47.8 Å². The molecule has 7 heteroatoms. The van der Waals surface area contributed by atoms with Crippen LogP contribution in [0.1, 0.15) is 25.7 Å². The fourth-order valence-electron chi connectivity index (χ4n) is 3.76. The summed E-state index contributed by atoms with van der Waals surface area (Å²) in [6.07, 6.45) is 8.02. The second-order valence-corrected chi connectivity index (χ2v) is 7.50. The van der Waals surface area contributed by atoms with Gasteiger partial charge in [0.05, 0.1) is 16.9 Å². The lowest BCUT2D eigenvalue weighted by atomic mass is 9.92. The van der Waals surface area contributed by atoms with Gasteiger partial charge in [0.2, 0.25) is 5.95 Å². The number of aryl methyl sites for hydroxylation is 1. The number of hydrogen-bond acceptors (Lipinski definition) is 4. The molecule has 2 atom stereocenters. The van der Waals surface area contributed by atoms with Gasteiger partial charge in [0.1, 0.15) is 0 Å². The first kappa shape index (κ1) is 17.6. The van der Waals surface area contributed by atoms with E-state index >= 15 is 0 Å². The van der Waals surface area contributed by atoms with Crippen molar-refractivity contribution in [3.05, 3.63) is 41.7 Å². The number of halogens is 2. The number of nitrogens with one attached hydrogen (secondary N) is 2. The highest BCUT2D eigenvalue weighted by molar-refractivity contribution is 6.33. The Morgan fingerprint density at radius 2 is 2.00 bits per heavy atom.